The zero-order chi connectivity index (χ0) is 12.2. The summed E-state index contributed by atoms with van der Waals surface area (Å²) in [6.45, 7) is 8.50. The monoisotopic (exact) mass is 224 g/mol. The van der Waals surface area contributed by atoms with Gasteiger partial charge >= 0.3 is 0 Å². The van der Waals surface area contributed by atoms with Crippen molar-refractivity contribution in [2.75, 3.05) is 0 Å². The van der Waals surface area contributed by atoms with E-state index in [1.54, 1.807) is 0 Å². The van der Waals surface area contributed by atoms with Gasteiger partial charge in [-0.3, -0.25) is 0 Å². The molecule has 1 heteroatoms. The molecule has 0 radical (unpaired) electrons. The van der Waals surface area contributed by atoms with Gasteiger partial charge in [-0.15, -0.1) is 0 Å². The standard InChI is InChI=1S/C16H16O/c1-9-10(2)16-15(11(3)12(4)17-16)14-8-6-5-7-13(9)14/h5-8H,1-4H3. The minimum atomic E-state index is 1.03. The Kier molecular flexibility index (Phi) is 2.06. The van der Waals surface area contributed by atoms with Crippen LogP contribution in [0.2, 0.25) is 0 Å². The molecule has 3 aromatic rings. The molecule has 1 heterocycles. The van der Waals surface area contributed by atoms with Crippen molar-refractivity contribution in [3.05, 3.63) is 46.7 Å². The molecule has 0 saturated heterocycles. The van der Waals surface area contributed by atoms with Gasteiger partial charge in [0, 0.05) is 5.39 Å². The Labute approximate surface area is 101 Å². The normalized spacial score (nSPS) is 11.5. The van der Waals surface area contributed by atoms with Crippen molar-refractivity contribution < 1.29 is 4.42 Å². The van der Waals surface area contributed by atoms with Crippen LogP contribution in [-0.4, -0.2) is 0 Å². The minimum Gasteiger partial charge on any atom is -0.461 e. The van der Waals surface area contributed by atoms with Gasteiger partial charge in [-0.2, -0.15) is 0 Å². The molecule has 0 saturated carbocycles. The average molecular weight is 224 g/mol. The van der Waals surface area contributed by atoms with E-state index in [-0.39, 0.29) is 0 Å². The van der Waals surface area contributed by atoms with E-state index in [4.69, 9.17) is 4.42 Å². The van der Waals surface area contributed by atoms with Crippen LogP contribution in [0.3, 0.4) is 0 Å². The van der Waals surface area contributed by atoms with Crippen LogP contribution in [0.15, 0.2) is 28.7 Å². The van der Waals surface area contributed by atoms with Crippen molar-refractivity contribution in [3.8, 4) is 0 Å². The maximum atomic E-state index is 5.92. The fraction of sp³-hybridized carbons (Fsp3) is 0.250. The van der Waals surface area contributed by atoms with Gasteiger partial charge in [0.1, 0.15) is 11.3 Å². The number of hydrogen-bond donors (Lipinski definition) is 0. The third kappa shape index (κ3) is 1.25. The van der Waals surface area contributed by atoms with Gasteiger partial charge in [-0.25, -0.2) is 0 Å². The maximum Gasteiger partial charge on any atom is 0.138 e. The summed E-state index contributed by atoms with van der Waals surface area (Å²) in [5.41, 5.74) is 4.90. The van der Waals surface area contributed by atoms with Crippen LogP contribution in [0.4, 0.5) is 0 Å². The van der Waals surface area contributed by atoms with Crippen molar-refractivity contribution >= 4 is 21.7 Å². The zero-order valence-electron chi connectivity index (χ0n) is 10.7. The summed E-state index contributed by atoms with van der Waals surface area (Å²) < 4.78 is 5.92. The molecule has 1 nitrogen and oxygen atoms in total. The van der Waals surface area contributed by atoms with Crippen molar-refractivity contribution in [1.82, 2.24) is 0 Å². The van der Waals surface area contributed by atoms with Crippen molar-refractivity contribution in [1.29, 1.82) is 0 Å². The molecule has 0 fully saturated rings. The van der Waals surface area contributed by atoms with E-state index in [1.807, 2.05) is 6.92 Å². The molecular formula is C16H16O. The molecule has 0 aliphatic rings. The second-order valence-corrected chi connectivity index (χ2v) is 4.78. The summed E-state index contributed by atoms with van der Waals surface area (Å²) in [6, 6.07) is 8.58. The van der Waals surface area contributed by atoms with Crippen LogP contribution >= 0.6 is 0 Å². The molecule has 0 aliphatic carbocycles. The quantitative estimate of drug-likeness (QED) is 0.533. The molecule has 0 aliphatic heterocycles. The lowest BCUT2D eigenvalue weighted by Crippen LogP contribution is -1.86. The van der Waals surface area contributed by atoms with E-state index >= 15 is 0 Å². The first kappa shape index (κ1) is 10.4. The third-order valence-corrected chi connectivity index (χ3v) is 3.89. The number of aryl methyl sites for hydroxylation is 4. The number of rotatable bonds is 0. The van der Waals surface area contributed by atoms with Crippen molar-refractivity contribution in [3.63, 3.8) is 0 Å². The van der Waals surface area contributed by atoms with E-state index in [0.717, 1.165) is 11.3 Å². The summed E-state index contributed by atoms with van der Waals surface area (Å²) in [7, 11) is 0. The fourth-order valence-electron chi connectivity index (χ4n) is 2.62. The molecule has 0 bridgehead atoms. The zero-order valence-corrected chi connectivity index (χ0v) is 10.7. The fourth-order valence-corrected chi connectivity index (χ4v) is 2.62. The summed E-state index contributed by atoms with van der Waals surface area (Å²) in [5.74, 6) is 1.03. The molecule has 0 spiro atoms. The van der Waals surface area contributed by atoms with Crippen LogP contribution in [0.1, 0.15) is 22.5 Å². The Hall–Kier alpha value is -1.76. The highest BCUT2D eigenvalue weighted by Gasteiger charge is 2.15. The van der Waals surface area contributed by atoms with Gasteiger partial charge in [-0.1, -0.05) is 24.3 Å². The van der Waals surface area contributed by atoms with E-state index in [0.29, 0.717) is 0 Å². The SMILES string of the molecule is Cc1oc2c(C)c(C)c3ccccc3c2c1C. The molecule has 2 aromatic carbocycles. The van der Waals surface area contributed by atoms with Crippen LogP contribution in [0.25, 0.3) is 21.7 Å². The van der Waals surface area contributed by atoms with E-state index in [9.17, 15) is 0 Å². The summed E-state index contributed by atoms with van der Waals surface area (Å²) in [6.07, 6.45) is 0. The van der Waals surface area contributed by atoms with Crippen molar-refractivity contribution in [2.45, 2.75) is 27.7 Å². The van der Waals surface area contributed by atoms with E-state index in [1.165, 1.54) is 32.8 Å². The Balaban J connectivity index is 2.71. The summed E-state index contributed by atoms with van der Waals surface area (Å²) in [5, 5.41) is 3.92. The Bertz CT molecular complexity index is 732. The lowest BCUT2D eigenvalue weighted by molar-refractivity contribution is 0.573. The van der Waals surface area contributed by atoms with Gasteiger partial charge < -0.3 is 4.42 Å². The number of hydrogen-bond acceptors (Lipinski definition) is 1. The molecule has 0 atom stereocenters. The highest BCUT2D eigenvalue weighted by Crippen LogP contribution is 2.36. The van der Waals surface area contributed by atoms with Crippen LogP contribution < -0.4 is 0 Å². The molecule has 3 rings (SSSR count). The van der Waals surface area contributed by atoms with Crippen LogP contribution in [0, 0.1) is 27.7 Å². The Morgan fingerprint density at radius 1 is 0.765 bits per heavy atom. The van der Waals surface area contributed by atoms with E-state index < -0.39 is 0 Å². The minimum absolute atomic E-state index is 1.03. The van der Waals surface area contributed by atoms with Crippen LogP contribution in [0.5, 0.6) is 0 Å². The molecule has 0 unspecified atom stereocenters. The average Bonchev–Trinajstić information content (AvgIpc) is 2.63. The third-order valence-electron chi connectivity index (χ3n) is 3.89. The second kappa shape index (κ2) is 3.36. The number of benzene rings is 2. The predicted molar refractivity (Wildman–Crippen MR) is 72.7 cm³/mol. The highest BCUT2D eigenvalue weighted by molar-refractivity contribution is 6.10. The first-order valence-electron chi connectivity index (χ1n) is 5.99. The van der Waals surface area contributed by atoms with Gasteiger partial charge in [0.05, 0.1) is 0 Å². The summed E-state index contributed by atoms with van der Waals surface area (Å²) in [4.78, 5) is 0. The highest BCUT2D eigenvalue weighted by atomic mass is 16.3. The first-order chi connectivity index (χ1) is 8.11. The second-order valence-electron chi connectivity index (χ2n) is 4.78. The van der Waals surface area contributed by atoms with Crippen LogP contribution in [-0.2, 0) is 0 Å². The summed E-state index contributed by atoms with van der Waals surface area (Å²) >= 11 is 0. The maximum absolute atomic E-state index is 5.92. The topological polar surface area (TPSA) is 13.1 Å². The largest absolute Gasteiger partial charge is 0.461 e. The van der Waals surface area contributed by atoms with E-state index in [2.05, 4.69) is 45.0 Å². The molecule has 0 amide bonds. The van der Waals surface area contributed by atoms with Gasteiger partial charge in [0.25, 0.3) is 0 Å². The Morgan fingerprint density at radius 3 is 2.12 bits per heavy atom. The van der Waals surface area contributed by atoms with Crippen molar-refractivity contribution in [2.24, 2.45) is 0 Å². The lowest BCUT2D eigenvalue weighted by Gasteiger charge is -2.07. The predicted octanol–water partition coefficient (Wildman–Crippen LogP) is 4.82. The van der Waals surface area contributed by atoms with Gasteiger partial charge in [0.2, 0.25) is 0 Å². The number of fused-ring (bicyclic) bond motifs is 3. The smallest absolute Gasteiger partial charge is 0.138 e. The molecule has 0 N–H and O–H groups in total. The lowest BCUT2D eigenvalue weighted by atomic mass is 9.95. The molecular weight excluding hydrogens is 208 g/mol. The number of furan rings is 1. The molecule has 17 heavy (non-hydrogen) atoms. The first-order valence-corrected chi connectivity index (χ1v) is 5.99. The molecule has 1 aromatic heterocycles. The van der Waals surface area contributed by atoms with Gasteiger partial charge in [0.15, 0.2) is 0 Å². The molecule has 86 valence electrons. The Morgan fingerprint density at radius 2 is 1.41 bits per heavy atom. The van der Waals surface area contributed by atoms with Gasteiger partial charge in [-0.05, 0) is 55.2 Å².